The van der Waals surface area contributed by atoms with E-state index in [1.165, 1.54) is 12.4 Å². The zero-order chi connectivity index (χ0) is 31.1. The molecule has 3 N–H and O–H groups in total. The Morgan fingerprint density at radius 3 is 2.18 bits per heavy atom. The molecular weight excluding hydrogens is 584 g/mol. The van der Waals surface area contributed by atoms with Crippen LogP contribution in [0.3, 0.4) is 0 Å². The molecule has 3 amide bonds. The van der Waals surface area contributed by atoms with E-state index in [2.05, 4.69) is 20.6 Å². The minimum atomic E-state index is -1.08. The average molecular weight is 613 g/mol. The van der Waals surface area contributed by atoms with Crippen molar-refractivity contribution in [3.8, 4) is 0 Å². The van der Waals surface area contributed by atoms with E-state index >= 15 is 0 Å². The summed E-state index contributed by atoms with van der Waals surface area (Å²) in [5.41, 5.74) is 2.67. The molecule has 1 aliphatic rings. The number of halogens is 1. The Labute approximate surface area is 258 Å². The van der Waals surface area contributed by atoms with Crippen molar-refractivity contribution in [2.75, 3.05) is 36.4 Å². The predicted octanol–water partition coefficient (Wildman–Crippen LogP) is 4.29. The van der Waals surface area contributed by atoms with Gasteiger partial charge in [0.2, 0.25) is 0 Å². The summed E-state index contributed by atoms with van der Waals surface area (Å²) in [7, 11) is 0. The molecule has 4 aromatic rings. The van der Waals surface area contributed by atoms with E-state index in [4.69, 9.17) is 11.6 Å². The summed E-state index contributed by atoms with van der Waals surface area (Å²) >= 11 is 6.11. The van der Waals surface area contributed by atoms with E-state index in [0.29, 0.717) is 59.3 Å². The van der Waals surface area contributed by atoms with Gasteiger partial charge in [-0.15, -0.1) is 0 Å². The fourth-order valence-corrected chi connectivity index (χ4v) is 5.14. The number of piperazine rings is 1. The van der Waals surface area contributed by atoms with Gasteiger partial charge in [0, 0.05) is 67.1 Å². The third-order valence-corrected chi connectivity index (χ3v) is 7.42. The summed E-state index contributed by atoms with van der Waals surface area (Å²) in [6.07, 6.45) is 5.88. The second-order valence-electron chi connectivity index (χ2n) is 10.1. The number of amides is 3. The number of aromatic nitrogens is 2. The zero-order valence-electron chi connectivity index (χ0n) is 23.5. The molecule has 1 saturated heterocycles. The molecule has 0 bridgehead atoms. The van der Waals surface area contributed by atoms with Crippen LogP contribution in [0.15, 0.2) is 91.5 Å². The molecule has 0 aliphatic carbocycles. The van der Waals surface area contributed by atoms with Gasteiger partial charge in [-0.2, -0.15) is 0 Å². The minimum absolute atomic E-state index is 0.108. The number of carbonyl (C=O) groups excluding carboxylic acids is 3. The standard InChI is InChI=1S/C32H29ClN6O5/c33-25-7-1-4-21(16-25)30(42)37-27-17-22(31(43)36-26(18-29(40)41)23-5-2-10-34-19-23)8-9-28(27)38-12-14-39(15-13-38)32(44)24-6-3-11-35-20-24/h1-11,16-17,19-20,26H,12-15,18H2,(H,36,43)(H,37,42)(H,40,41). The van der Waals surface area contributed by atoms with E-state index in [-0.39, 0.29) is 17.9 Å². The van der Waals surface area contributed by atoms with Crippen molar-refractivity contribution in [2.24, 2.45) is 0 Å². The maximum absolute atomic E-state index is 13.4. The number of hydrogen-bond donors (Lipinski definition) is 3. The summed E-state index contributed by atoms with van der Waals surface area (Å²) in [6, 6.07) is 17.4. The van der Waals surface area contributed by atoms with Gasteiger partial charge in [0.25, 0.3) is 17.7 Å². The number of hydrogen-bond acceptors (Lipinski definition) is 7. The van der Waals surface area contributed by atoms with Gasteiger partial charge >= 0.3 is 5.97 Å². The van der Waals surface area contributed by atoms with E-state index in [9.17, 15) is 24.3 Å². The van der Waals surface area contributed by atoms with Crippen molar-refractivity contribution in [2.45, 2.75) is 12.5 Å². The minimum Gasteiger partial charge on any atom is -0.481 e. The van der Waals surface area contributed by atoms with E-state index in [0.717, 1.165) is 0 Å². The van der Waals surface area contributed by atoms with Crippen molar-refractivity contribution >= 4 is 46.7 Å². The van der Waals surface area contributed by atoms with Gasteiger partial charge in [0.05, 0.1) is 29.4 Å². The Morgan fingerprint density at radius 2 is 1.52 bits per heavy atom. The Balaban J connectivity index is 1.39. The number of aliphatic carboxylic acids is 1. The highest BCUT2D eigenvalue weighted by Crippen LogP contribution is 2.30. The second kappa shape index (κ2) is 13.8. The summed E-state index contributed by atoms with van der Waals surface area (Å²) in [5, 5.41) is 15.5. The number of nitrogens with zero attached hydrogens (tertiary/aromatic N) is 4. The molecule has 1 atom stereocenters. The normalized spacial score (nSPS) is 13.6. The number of rotatable bonds is 9. The van der Waals surface area contributed by atoms with Crippen LogP contribution in [0.25, 0.3) is 0 Å². The number of carboxylic acid groups (broad SMARTS) is 1. The quantitative estimate of drug-likeness (QED) is 0.254. The van der Waals surface area contributed by atoms with E-state index in [1.54, 1.807) is 84.0 Å². The molecular formula is C32H29ClN6O5. The Bertz CT molecular complexity index is 1660. The topological polar surface area (TPSA) is 145 Å². The molecule has 12 heteroatoms. The largest absolute Gasteiger partial charge is 0.481 e. The SMILES string of the molecule is O=C(O)CC(NC(=O)c1ccc(N2CCN(C(=O)c3cccnc3)CC2)c(NC(=O)c2cccc(Cl)c2)c1)c1cccnc1. The Hall–Kier alpha value is -5.29. The molecule has 11 nitrogen and oxygen atoms in total. The van der Waals surface area contributed by atoms with Crippen molar-refractivity contribution in [3.63, 3.8) is 0 Å². The molecule has 1 aliphatic heterocycles. The first-order valence-corrected chi connectivity index (χ1v) is 14.2. The monoisotopic (exact) mass is 612 g/mol. The van der Waals surface area contributed by atoms with Gasteiger partial charge in [0.15, 0.2) is 0 Å². The van der Waals surface area contributed by atoms with Gasteiger partial charge in [-0.3, -0.25) is 29.1 Å². The molecule has 224 valence electrons. The average Bonchev–Trinajstić information content (AvgIpc) is 3.05. The number of carboxylic acids is 1. The highest BCUT2D eigenvalue weighted by Gasteiger charge is 2.26. The Kier molecular flexibility index (Phi) is 9.46. The number of pyridine rings is 2. The molecule has 0 radical (unpaired) electrons. The molecule has 1 fully saturated rings. The maximum atomic E-state index is 13.4. The number of anilines is 2. The van der Waals surface area contributed by atoms with Crippen LogP contribution in [0.4, 0.5) is 11.4 Å². The molecule has 5 rings (SSSR count). The van der Waals surface area contributed by atoms with Gasteiger partial charge in [0.1, 0.15) is 0 Å². The maximum Gasteiger partial charge on any atom is 0.305 e. The third-order valence-electron chi connectivity index (χ3n) is 7.18. The van der Waals surface area contributed by atoms with Gasteiger partial charge in [-0.1, -0.05) is 23.7 Å². The molecule has 0 spiro atoms. The van der Waals surface area contributed by atoms with Crippen LogP contribution in [0, 0.1) is 0 Å². The molecule has 0 saturated carbocycles. The van der Waals surface area contributed by atoms with Gasteiger partial charge in [-0.05, 0) is 60.2 Å². The third kappa shape index (κ3) is 7.37. The second-order valence-corrected chi connectivity index (χ2v) is 10.6. The van der Waals surface area contributed by atoms with Crippen LogP contribution in [0.1, 0.15) is 49.1 Å². The first kappa shape index (κ1) is 30.2. The summed E-state index contributed by atoms with van der Waals surface area (Å²) < 4.78 is 0. The fraction of sp³-hybridized carbons (Fsp3) is 0.188. The van der Waals surface area contributed by atoms with Crippen LogP contribution in [-0.4, -0.2) is 69.8 Å². The summed E-state index contributed by atoms with van der Waals surface area (Å²) in [6.45, 7) is 1.86. The zero-order valence-corrected chi connectivity index (χ0v) is 24.3. The lowest BCUT2D eigenvalue weighted by Gasteiger charge is -2.37. The highest BCUT2D eigenvalue weighted by atomic mass is 35.5. The fourth-order valence-electron chi connectivity index (χ4n) is 4.95. The number of benzene rings is 2. The van der Waals surface area contributed by atoms with Crippen LogP contribution in [0.2, 0.25) is 5.02 Å². The molecule has 44 heavy (non-hydrogen) atoms. The molecule has 3 heterocycles. The number of nitrogens with one attached hydrogen (secondary N) is 2. The lowest BCUT2D eigenvalue weighted by molar-refractivity contribution is -0.137. The van der Waals surface area contributed by atoms with Crippen LogP contribution >= 0.6 is 11.6 Å². The van der Waals surface area contributed by atoms with Crippen molar-refractivity contribution < 1.29 is 24.3 Å². The predicted molar refractivity (Wildman–Crippen MR) is 165 cm³/mol. The van der Waals surface area contributed by atoms with E-state index in [1.807, 2.05) is 4.90 Å². The van der Waals surface area contributed by atoms with Crippen LogP contribution in [-0.2, 0) is 4.79 Å². The lowest BCUT2D eigenvalue weighted by atomic mass is 10.0. The lowest BCUT2D eigenvalue weighted by Crippen LogP contribution is -2.49. The molecule has 2 aromatic carbocycles. The Morgan fingerprint density at radius 1 is 0.818 bits per heavy atom. The number of carbonyl (C=O) groups is 4. The van der Waals surface area contributed by atoms with Crippen molar-refractivity contribution in [3.05, 3.63) is 119 Å². The smallest absolute Gasteiger partial charge is 0.305 e. The first-order valence-electron chi connectivity index (χ1n) is 13.9. The first-order chi connectivity index (χ1) is 21.3. The van der Waals surface area contributed by atoms with Gasteiger partial charge < -0.3 is 25.5 Å². The summed E-state index contributed by atoms with van der Waals surface area (Å²) in [4.78, 5) is 63.0. The van der Waals surface area contributed by atoms with Crippen LogP contribution in [0.5, 0.6) is 0 Å². The van der Waals surface area contributed by atoms with Crippen molar-refractivity contribution in [1.29, 1.82) is 0 Å². The molecule has 2 aromatic heterocycles. The molecule has 1 unspecified atom stereocenters. The van der Waals surface area contributed by atoms with Crippen molar-refractivity contribution in [1.82, 2.24) is 20.2 Å². The van der Waals surface area contributed by atoms with E-state index < -0.39 is 23.8 Å². The van der Waals surface area contributed by atoms with Gasteiger partial charge in [-0.25, -0.2) is 0 Å². The van der Waals surface area contributed by atoms with Crippen LogP contribution < -0.4 is 15.5 Å². The highest BCUT2D eigenvalue weighted by molar-refractivity contribution is 6.31. The summed E-state index contributed by atoms with van der Waals surface area (Å²) in [5.74, 6) is -2.12.